The van der Waals surface area contributed by atoms with Gasteiger partial charge in [-0.2, -0.15) is 0 Å². The summed E-state index contributed by atoms with van der Waals surface area (Å²) in [6, 6.07) is 0. The second kappa shape index (κ2) is 4.94. The highest BCUT2D eigenvalue weighted by Crippen LogP contribution is 2.66. The smallest absolute Gasteiger partial charge is 0.155 e. The van der Waals surface area contributed by atoms with E-state index < -0.39 is 0 Å². The van der Waals surface area contributed by atoms with Gasteiger partial charge in [-0.1, -0.05) is 20.3 Å². The average molecular weight is 314 g/mol. The summed E-state index contributed by atoms with van der Waals surface area (Å²) in [5.74, 6) is 5.73. The first-order valence-corrected chi connectivity index (χ1v) is 10.0. The van der Waals surface area contributed by atoms with Gasteiger partial charge in [-0.25, -0.2) is 0 Å². The lowest BCUT2D eigenvalue weighted by Crippen LogP contribution is -2.51. The highest BCUT2D eigenvalue weighted by molar-refractivity contribution is 5.92. The van der Waals surface area contributed by atoms with Gasteiger partial charge in [0.1, 0.15) is 0 Å². The predicted molar refractivity (Wildman–Crippen MR) is 89.9 cm³/mol. The van der Waals surface area contributed by atoms with Crippen LogP contribution in [0.4, 0.5) is 0 Å². The van der Waals surface area contributed by atoms with Crippen LogP contribution >= 0.6 is 0 Å². The molecule has 0 aromatic heterocycles. The number of carbonyl (C=O) groups is 1. The third kappa shape index (κ3) is 1.82. The number of rotatable bonds is 1. The molecule has 0 radical (unpaired) electrons. The molecule has 5 unspecified atom stereocenters. The summed E-state index contributed by atoms with van der Waals surface area (Å²) < 4.78 is 6.27. The van der Waals surface area contributed by atoms with E-state index in [1.807, 2.05) is 6.08 Å². The van der Waals surface area contributed by atoms with E-state index >= 15 is 0 Å². The Balaban J connectivity index is 1.54. The molecule has 0 amide bonds. The number of hydrogen-bond acceptors (Lipinski definition) is 2. The molecule has 1 aliphatic heterocycles. The van der Waals surface area contributed by atoms with Gasteiger partial charge in [0.2, 0.25) is 0 Å². The minimum atomic E-state index is 0.241. The fourth-order valence-electron chi connectivity index (χ4n) is 7.75. The van der Waals surface area contributed by atoms with Crippen LogP contribution in [-0.4, -0.2) is 18.5 Å². The van der Waals surface area contributed by atoms with E-state index in [0.29, 0.717) is 5.78 Å². The molecule has 23 heavy (non-hydrogen) atoms. The summed E-state index contributed by atoms with van der Waals surface area (Å²) in [7, 11) is 0. The molecule has 5 aliphatic rings. The predicted octanol–water partition coefficient (Wildman–Crippen LogP) is 4.39. The lowest BCUT2D eigenvalue weighted by molar-refractivity contribution is -0.117. The Morgan fingerprint density at radius 3 is 2.96 bits per heavy atom. The van der Waals surface area contributed by atoms with Crippen molar-refractivity contribution >= 4 is 5.78 Å². The molecular weight excluding hydrogens is 284 g/mol. The summed E-state index contributed by atoms with van der Waals surface area (Å²) in [5, 5.41) is 0. The molecule has 0 aromatic carbocycles. The number of ether oxygens (including phenoxy) is 1. The zero-order chi connectivity index (χ0) is 15.8. The summed E-state index contributed by atoms with van der Waals surface area (Å²) in [4.78, 5) is 12.0. The molecule has 2 heteroatoms. The van der Waals surface area contributed by atoms with Crippen molar-refractivity contribution in [1.82, 2.24) is 0 Å². The van der Waals surface area contributed by atoms with Crippen molar-refractivity contribution in [1.29, 1.82) is 0 Å². The Labute approximate surface area is 140 Å². The topological polar surface area (TPSA) is 26.3 Å². The van der Waals surface area contributed by atoms with Crippen molar-refractivity contribution in [2.75, 3.05) is 6.61 Å². The van der Waals surface area contributed by atoms with Gasteiger partial charge in [0.25, 0.3) is 0 Å². The molecule has 0 N–H and O–H groups in total. The normalized spacial score (nSPS) is 54.3. The van der Waals surface area contributed by atoms with Crippen LogP contribution in [0.25, 0.3) is 0 Å². The second-order valence-electron chi connectivity index (χ2n) is 9.23. The molecule has 0 aromatic rings. The Bertz CT molecular complexity index is 564. The van der Waals surface area contributed by atoms with Gasteiger partial charge in [0.05, 0.1) is 12.7 Å². The highest BCUT2D eigenvalue weighted by Gasteiger charge is 2.62. The maximum Gasteiger partial charge on any atom is 0.155 e. The van der Waals surface area contributed by atoms with Crippen LogP contribution in [-0.2, 0) is 9.53 Å². The largest absolute Gasteiger partial charge is 0.373 e. The Morgan fingerprint density at radius 2 is 2.13 bits per heavy atom. The van der Waals surface area contributed by atoms with E-state index in [2.05, 4.69) is 13.8 Å². The van der Waals surface area contributed by atoms with Crippen molar-refractivity contribution in [2.45, 2.75) is 64.9 Å². The van der Waals surface area contributed by atoms with E-state index in [9.17, 15) is 4.79 Å². The number of carbonyl (C=O) groups excluding carboxylic acids is 1. The van der Waals surface area contributed by atoms with Crippen LogP contribution in [0.3, 0.4) is 0 Å². The van der Waals surface area contributed by atoms with Crippen molar-refractivity contribution in [2.24, 2.45) is 40.9 Å². The molecule has 5 rings (SSSR count). The van der Waals surface area contributed by atoms with Gasteiger partial charge in [0.15, 0.2) is 5.78 Å². The lowest BCUT2D eigenvalue weighted by atomic mass is 9.48. The first-order chi connectivity index (χ1) is 11.1. The van der Waals surface area contributed by atoms with E-state index in [1.165, 1.54) is 37.7 Å². The van der Waals surface area contributed by atoms with E-state index in [1.54, 1.807) is 0 Å². The van der Waals surface area contributed by atoms with Crippen LogP contribution in [0, 0.1) is 40.9 Å². The van der Waals surface area contributed by atoms with Gasteiger partial charge < -0.3 is 4.74 Å². The third-order valence-corrected chi connectivity index (χ3v) is 8.58. The van der Waals surface area contributed by atoms with Crippen molar-refractivity contribution in [3.05, 3.63) is 11.6 Å². The fraction of sp³-hybridized carbons (Fsp3) is 0.857. The molecule has 1 heterocycles. The van der Waals surface area contributed by atoms with Gasteiger partial charge in [-0.15, -0.1) is 0 Å². The van der Waals surface area contributed by atoms with Crippen LogP contribution < -0.4 is 0 Å². The van der Waals surface area contributed by atoms with Gasteiger partial charge in [-0.3, -0.25) is 4.79 Å². The van der Waals surface area contributed by atoms with Crippen molar-refractivity contribution < 1.29 is 9.53 Å². The van der Waals surface area contributed by atoms with Crippen molar-refractivity contribution in [3.8, 4) is 0 Å². The summed E-state index contributed by atoms with van der Waals surface area (Å²) in [6.07, 6.45) is 11.0. The standard InChI is InChI=1S/C21H30O2/c1-3-13-4-5-15-16-10-19-18-9-14(22)6-7-21(18,11-23-19)17(16)8-12(2)20(13)15/h9,12-13,15-17,19-20H,3-8,10-11H2,1-2H3/t12-,13+,15?,16?,17?,19?,20?,21+/m1/s1. The summed E-state index contributed by atoms with van der Waals surface area (Å²) in [5.41, 5.74) is 1.65. The Hall–Kier alpha value is -0.630. The summed E-state index contributed by atoms with van der Waals surface area (Å²) >= 11 is 0. The SMILES string of the molecule is CC[C@H]1CCC2C3CC4OC[C@@]5(CCC(=O)C=C45)C3C[C@@H](C)C21. The van der Waals surface area contributed by atoms with Gasteiger partial charge >= 0.3 is 0 Å². The number of fused-ring (bicyclic) bond motifs is 3. The molecule has 1 saturated heterocycles. The first kappa shape index (κ1) is 14.7. The maximum absolute atomic E-state index is 12.0. The van der Waals surface area contributed by atoms with Crippen LogP contribution in [0.2, 0.25) is 0 Å². The van der Waals surface area contributed by atoms with E-state index in [-0.39, 0.29) is 11.5 Å². The average Bonchev–Trinajstić information content (AvgIpc) is 3.09. The molecule has 2 bridgehead atoms. The third-order valence-electron chi connectivity index (χ3n) is 8.58. The van der Waals surface area contributed by atoms with E-state index in [0.717, 1.165) is 55.0 Å². The molecule has 8 atom stereocenters. The Morgan fingerprint density at radius 1 is 1.26 bits per heavy atom. The summed E-state index contributed by atoms with van der Waals surface area (Å²) in [6.45, 7) is 5.82. The minimum Gasteiger partial charge on any atom is -0.373 e. The molecule has 4 aliphatic carbocycles. The van der Waals surface area contributed by atoms with Crippen LogP contribution in [0.5, 0.6) is 0 Å². The molecule has 0 spiro atoms. The zero-order valence-corrected chi connectivity index (χ0v) is 14.6. The van der Waals surface area contributed by atoms with E-state index in [4.69, 9.17) is 4.74 Å². The number of hydrogen-bond donors (Lipinski definition) is 0. The van der Waals surface area contributed by atoms with Crippen LogP contribution in [0.15, 0.2) is 11.6 Å². The molecular formula is C21H30O2. The molecule has 2 nitrogen and oxygen atoms in total. The van der Waals surface area contributed by atoms with Gasteiger partial charge in [-0.05, 0) is 79.3 Å². The molecule has 4 fully saturated rings. The highest BCUT2D eigenvalue weighted by atomic mass is 16.5. The minimum absolute atomic E-state index is 0.241. The molecule has 3 saturated carbocycles. The number of ketones is 1. The quantitative estimate of drug-likeness (QED) is 0.717. The zero-order valence-electron chi connectivity index (χ0n) is 14.6. The maximum atomic E-state index is 12.0. The van der Waals surface area contributed by atoms with Crippen molar-refractivity contribution in [3.63, 3.8) is 0 Å². The van der Waals surface area contributed by atoms with Crippen LogP contribution in [0.1, 0.15) is 58.8 Å². The Kier molecular flexibility index (Phi) is 3.15. The second-order valence-corrected chi connectivity index (χ2v) is 9.23. The first-order valence-electron chi connectivity index (χ1n) is 10.0. The lowest BCUT2D eigenvalue weighted by Gasteiger charge is -2.55. The monoisotopic (exact) mass is 314 g/mol. The van der Waals surface area contributed by atoms with Gasteiger partial charge in [0, 0.05) is 11.8 Å². The molecule has 126 valence electrons. The fourth-order valence-corrected chi connectivity index (χ4v) is 7.75.